The van der Waals surface area contributed by atoms with Crippen LogP contribution in [0.5, 0.6) is 11.5 Å². The van der Waals surface area contributed by atoms with Crippen molar-refractivity contribution in [2.24, 2.45) is 5.92 Å². The first-order valence-corrected chi connectivity index (χ1v) is 8.48. The zero-order valence-electron chi connectivity index (χ0n) is 12.6. The van der Waals surface area contributed by atoms with Crippen LogP contribution in [0, 0.1) is 5.92 Å². The summed E-state index contributed by atoms with van der Waals surface area (Å²) in [5, 5.41) is 3.05. The summed E-state index contributed by atoms with van der Waals surface area (Å²) in [6, 6.07) is 7.83. The van der Waals surface area contributed by atoms with E-state index in [1.165, 1.54) is 12.8 Å². The van der Waals surface area contributed by atoms with Crippen molar-refractivity contribution < 1.29 is 14.3 Å². The van der Waals surface area contributed by atoms with Crippen molar-refractivity contribution in [3.63, 3.8) is 0 Å². The number of ether oxygens (including phenoxy) is 2. The molecule has 0 bridgehead atoms. The van der Waals surface area contributed by atoms with Crippen molar-refractivity contribution in [3.05, 3.63) is 24.3 Å². The Balaban J connectivity index is 1.53. The molecule has 4 nitrogen and oxygen atoms in total. The van der Waals surface area contributed by atoms with E-state index in [1.807, 2.05) is 24.3 Å². The first kappa shape index (κ1) is 16.0. The third kappa shape index (κ3) is 5.87. The molecule has 1 aliphatic carbocycles. The molecular weight excluding hydrogens is 286 g/mol. The fourth-order valence-electron chi connectivity index (χ4n) is 2.06. The van der Waals surface area contributed by atoms with Crippen LogP contribution in [0.25, 0.3) is 0 Å². The molecule has 21 heavy (non-hydrogen) atoms. The molecule has 1 saturated carbocycles. The summed E-state index contributed by atoms with van der Waals surface area (Å²) in [6.45, 7) is 2.69. The molecule has 0 aromatic heterocycles. The number of benzene rings is 1. The van der Waals surface area contributed by atoms with Gasteiger partial charge in [-0.05, 0) is 49.9 Å². The molecule has 0 saturated heterocycles. The first-order chi connectivity index (χ1) is 10.2. The second-order valence-electron chi connectivity index (χ2n) is 5.27. The van der Waals surface area contributed by atoms with Crippen LogP contribution in [0.4, 0.5) is 0 Å². The Kier molecular flexibility index (Phi) is 6.23. The van der Waals surface area contributed by atoms with Crippen LogP contribution in [-0.4, -0.2) is 37.2 Å². The number of hydrogen-bond donors (Lipinski definition) is 1. The third-order valence-corrected chi connectivity index (χ3v) is 4.43. The monoisotopic (exact) mass is 309 g/mol. The highest BCUT2D eigenvalue weighted by molar-refractivity contribution is 7.99. The predicted molar refractivity (Wildman–Crippen MR) is 86.1 cm³/mol. The Morgan fingerprint density at radius 1 is 1.33 bits per heavy atom. The summed E-state index contributed by atoms with van der Waals surface area (Å²) < 4.78 is 10.7. The highest BCUT2D eigenvalue weighted by Crippen LogP contribution is 2.32. The fraction of sp³-hybridized carbons (Fsp3) is 0.562. The lowest BCUT2D eigenvalue weighted by atomic mass is 10.2. The van der Waals surface area contributed by atoms with Crippen LogP contribution in [0.3, 0.4) is 0 Å². The Labute approximate surface area is 130 Å². The number of carbonyl (C=O) groups excluding carboxylic acids is 1. The molecule has 5 heteroatoms. The van der Waals surface area contributed by atoms with Gasteiger partial charge in [-0.25, -0.2) is 0 Å². The fourth-order valence-corrected chi connectivity index (χ4v) is 2.68. The molecule has 0 heterocycles. The topological polar surface area (TPSA) is 47.6 Å². The largest absolute Gasteiger partial charge is 0.497 e. The third-order valence-electron chi connectivity index (χ3n) is 3.51. The number of amides is 1. The maximum absolute atomic E-state index is 11.7. The Morgan fingerprint density at radius 3 is 2.62 bits per heavy atom. The van der Waals surface area contributed by atoms with E-state index in [9.17, 15) is 4.79 Å². The number of methoxy groups -OCH3 is 1. The zero-order valence-corrected chi connectivity index (χ0v) is 13.4. The van der Waals surface area contributed by atoms with Crippen molar-refractivity contribution in [3.8, 4) is 11.5 Å². The quantitative estimate of drug-likeness (QED) is 0.713. The van der Waals surface area contributed by atoms with Crippen LogP contribution in [-0.2, 0) is 4.79 Å². The van der Waals surface area contributed by atoms with E-state index in [1.54, 1.807) is 18.9 Å². The second kappa shape index (κ2) is 8.17. The van der Waals surface area contributed by atoms with Gasteiger partial charge in [0.25, 0.3) is 0 Å². The number of carbonyl (C=O) groups is 1. The molecule has 1 fully saturated rings. The number of hydrogen-bond acceptors (Lipinski definition) is 4. The maximum atomic E-state index is 11.7. The first-order valence-electron chi connectivity index (χ1n) is 7.33. The van der Waals surface area contributed by atoms with Crippen LogP contribution >= 0.6 is 11.8 Å². The standard InChI is InChI=1S/C16H23NO3S/c1-12(13-3-4-13)17-16(18)11-21-10-9-20-15-7-5-14(19-2)6-8-15/h5-8,12-13H,3-4,9-11H2,1-2H3,(H,17,18). The number of nitrogens with one attached hydrogen (secondary N) is 1. The van der Waals surface area contributed by atoms with E-state index in [0.29, 0.717) is 24.3 Å². The maximum Gasteiger partial charge on any atom is 0.230 e. The summed E-state index contributed by atoms with van der Waals surface area (Å²) >= 11 is 1.60. The van der Waals surface area contributed by atoms with E-state index in [-0.39, 0.29) is 5.91 Å². The minimum atomic E-state index is 0.129. The lowest BCUT2D eigenvalue weighted by molar-refractivity contribution is -0.119. The molecule has 0 aliphatic heterocycles. The van der Waals surface area contributed by atoms with Crippen molar-refractivity contribution in [1.29, 1.82) is 0 Å². The van der Waals surface area contributed by atoms with Gasteiger partial charge in [0.05, 0.1) is 19.5 Å². The van der Waals surface area contributed by atoms with Crippen molar-refractivity contribution in [1.82, 2.24) is 5.32 Å². The summed E-state index contributed by atoms with van der Waals surface area (Å²) in [6.07, 6.45) is 2.51. The van der Waals surface area contributed by atoms with E-state index in [4.69, 9.17) is 9.47 Å². The minimum Gasteiger partial charge on any atom is -0.497 e. The van der Waals surface area contributed by atoms with E-state index < -0.39 is 0 Å². The molecule has 1 amide bonds. The van der Waals surface area contributed by atoms with Crippen LogP contribution in [0.1, 0.15) is 19.8 Å². The van der Waals surface area contributed by atoms with Gasteiger partial charge < -0.3 is 14.8 Å². The number of thioether (sulfide) groups is 1. The Hall–Kier alpha value is -1.36. The molecule has 1 N–H and O–H groups in total. The van der Waals surface area contributed by atoms with Crippen LogP contribution in [0.15, 0.2) is 24.3 Å². The van der Waals surface area contributed by atoms with Gasteiger partial charge >= 0.3 is 0 Å². The van der Waals surface area contributed by atoms with Crippen LogP contribution in [0.2, 0.25) is 0 Å². The van der Waals surface area contributed by atoms with Crippen molar-refractivity contribution >= 4 is 17.7 Å². The highest BCUT2D eigenvalue weighted by Gasteiger charge is 2.28. The van der Waals surface area contributed by atoms with Crippen molar-refractivity contribution in [2.45, 2.75) is 25.8 Å². The average molecular weight is 309 g/mol. The molecule has 1 unspecified atom stereocenters. The van der Waals surface area contributed by atoms with Gasteiger partial charge in [0.1, 0.15) is 11.5 Å². The zero-order chi connectivity index (χ0) is 15.1. The molecule has 2 rings (SSSR count). The Morgan fingerprint density at radius 2 is 2.00 bits per heavy atom. The average Bonchev–Trinajstić information content (AvgIpc) is 3.32. The summed E-state index contributed by atoms with van der Waals surface area (Å²) in [7, 11) is 1.64. The van der Waals surface area contributed by atoms with Gasteiger partial charge in [-0.15, -0.1) is 11.8 Å². The van der Waals surface area contributed by atoms with E-state index in [0.717, 1.165) is 17.3 Å². The highest BCUT2D eigenvalue weighted by atomic mass is 32.2. The molecular formula is C16H23NO3S. The SMILES string of the molecule is COc1ccc(OCCSCC(=O)NC(C)C2CC2)cc1. The second-order valence-corrected chi connectivity index (χ2v) is 6.38. The molecule has 1 aromatic rings. The normalized spacial score (nSPS) is 15.3. The number of rotatable bonds is 9. The van der Waals surface area contributed by atoms with E-state index >= 15 is 0 Å². The lowest BCUT2D eigenvalue weighted by Crippen LogP contribution is -2.35. The molecule has 1 aliphatic rings. The predicted octanol–water partition coefficient (Wildman–Crippen LogP) is 2.72. The summed E-state index contributed by atoms with van der Waals surface area (Å²) in [4.78, 5) is 11.7. The molecule has 1 aromatic carbocycles. The summed E-state index contributed by atoms with van der Waals surface area (Å²) in [5.41, 5.74) is 0. The van der Waals surface area contributed by atoms with Gasteiger partial charge in [-0.3, -0.25) is 4.79 Å². The van der Waals surface area contributed by atoms with Gasteiger partial charge in [0.15, 0.2) is 0 Å². The lowest BCUT2D eigenvalue weighted by Gasteiger charge is -2.12. The van der Waals surface area contributed by atoms with Gasteiger partial charge in [0, 0.05) is 11.8 Å². The smallest absolute Gasteiger partial charge is 0.230 e. The minimum absolute atomic E-state index is 0.129. The van der Waals surface area contributed by atoms with E-state index in [2.05, 4.69) is 12.2 Å². The molecule has 116 valence electrons. The Bertz CT molecular complexity index is 445. The molecule has 0 radical (unpaired) electrons. The van der Waals surface area contributed by atoms with Gasteiger partial charge in [0.2, 0.25) is 5.91 Å². The van der Waals surface area contributed by atoms with Crippen molar-refractivity contribution in [2.75, 3.05) is 25.2 Å². The molecule has 1 atom stereocenters. The van der Waals surface area contributed by atoms with Gasteiger partial charge in [-0.1, -0.05) is 0 Å². The summed E-state index contributed by atoms with van der Waals surface area (Å²) in [5.74, 6) is 3.78. The molecule has 0 spiro atoms. The van der Waals surface area contributed by atoms with Crippen LogP contribution < -0.4 is 14.8 Å². The van der Waals surface area contributed by atoms with Gasteiger partial charge in [-0.2, -0.15) is 0 Å².